The normalized spacial score (nSPS) is 10.4. The summed E-state index contributed by atoms with van der Waals surface area (Å²) in [5.41, 5.74) is 1.76. The third-order valence-electron chi connectivity index (χ3n) is 3.07. The molecule has 0 saturated heterocycles. The third kappa shape index (κ3) is 3.60. The molecule has 0 bridgehead atoms. The molecular formula is C14H12N6O3S. The van der Waals surface area contributed by atoms with Gasteiger partial charge in [-0.2, -0.15) is 0 Å². The van der Waals surface area contributed by atoms with Gasteiger partial charge in [-0.15, -0.1) is 16.4 Å². The average Bonchev–Trinajstić information content (AvgIpc) is 3.27. The van der Waals surface area contributed by atoms with Crippen molar-refractivity contribution in [3.8, 4) is 5.69 Å². The molecule has 3 rings (SSSR count). The van der Waals surface area contributed by atoms with E-state index in [0.717, 1.165) is 5.69 Å². The van der Waals surface area contributed by atoms with E-state index in [1.54, 1.807) is 29.6 Å². The van der Waals surface area contributed by atoms with Gasteiger partial charge in [0.05, 0.1) is 24.9 Å². The monoisotopic (exact) mass is 344 g/mol. The number of carbonyl (C=O) groups is 2. The Balaban J connectivity index is 1.65. The molecular weight excluding hydrogens is 332 g/mol. The maximum atomic E-state index is 12.2. The molecule has 9 nitrogen and oxygen atoms in total. The molecule has 2 heterocycles. The van der Waals surface area contributed by atoms with Crippen molar-refractivity contribution in [3.63, 3.8) is 0 Å². The summed E-state index contributed by atoms with van der Waals surface area (Å²) >= 11 is 1.24. The number of aromatic nitrogens is 5. The van der Waals surface area contributed by atoms with Gasteiger partial charge in [0.15, 0.2) is 5.13 Å². The molecule has 1 aromatic carbocycles. The van der Waals surface area contributed by atoms with Crippen LogP contribution in [0.4, 0.5) is 5.13 Å². The minimum atomic E-state index is -0.378. The summed E-state index contributed by atoms with van der Waals surface area (Å²) in [5.74, 6) is -0.673. The summed E-state index contributed by atoms with van der Waals surface area (Å²) in [5, 5.41) is 15.7. The van der Waals surface area contributed by atoms with Crippen molar-refractivity contribution in [2.75, 3.05) is 12.4 Å². The Hall–Kier alpha value is -3.14. The highest BCUT2D eigenvalue weighted by Crippen LogP contribution is 2.17. The Morgan fingerprint density at radius 2 is 2.08 bits per heavy atom. The van der Waals surface area contributed by atoms with Crippen LogP contribution < -0.4 is 5.32 Å². The van der Waals surface area contributed by atoms with Gasteiger partial charge in [-0.1, -0.05) is 0 Å². The lowest BCUT2D eigenvalue weighted by Crippen LogP contribution is -2.12. The molecule has 0 aliphatic carbocycles. The number of ether oxygens (including phenoxy) is 1. The molecule has 0 fully saturated rings. The van der Waals surface area contributed by atoms with E-state index in [2.05, 4.69) is 30.6 Å². The number of tetrazole rings is 1. The lowest BCUT2D eigenvalue weighted by atomic mass is 10.2. The topological polar surface area (TPSA) is 112 Å². The van der Waals surface area contributed by atoms with Crippen LogP contribution in [0.15, 0.2) is 36.0 Å². The molecule has 3 aromatic rings. The van der Waals surface area contributed by atoms with Gasteiger partial charge in [-0.05, 0) is 34.7 Å². The molecule has 24 heavy (non-hydrogen) atoms. The number of anilines is 1. The number of carbonyl (C=O) groups excluding carboxylic acids is 2. The van der Waals surface area contributed by atoms with E-state index in [9.17, 15) is 9.59 Å². The number of nitrogens with zero attached hydrogens (tertiary/aromatic N) is 5. The van der Waals surface area contributed by atoms with Crippen molar-refractivity contribution in [1.29, 1.82) is 0 Å². The van der Waals surface area contributed by atoms with Crippen LogP contribution in [0.1, 0.15) is 16.1 Å². The van der Waals surface area contributed by atoms with Crippen LogP contribution in [0.5, 0.6) is 0 Å². The number of hydrogen-bond acceptors (Lipinski definition) is 8. The maximum Gasteiger partial charge on any atom is 0.311 e. The minimum absolute atomic E-state index is 0.0729. The summed E-state index contributed by atoms with van der Waals surface area (Å²) in [6.07, 6.45) is 1.54. The van der Waals surface area contributed by atoms with Gasteiger partial charge < -0.3 is 4.74 Å². The van der Waals surface area contributed by atoms with Crippen LogP contribution in [0, 0.1) is 0 Å². The Morgan fingerprint density at radius 1 is 1.29 bits per heavy atom. The molecule has 1 N–H and O–H groups in total. The van der Waals surface area contributed by atoms with Gasteiger partial charge in [-0.3, -0.25) is 14.9 Å². The number of methoxy groups -OCH3 is 1. The summed E-state index contributed by atoms with van der Waals surface area (Å²) in [4.78, 5) is 27.6. The SMILES string of the molecule is COC(=O)Cc1csc(NC(=O)c2ccc(-n3cnnn3)cc2)n1. The van der Waals surface area contributed by atoms with Crippen molar-refractivity contribution in [3.05, 3.63) is 47.2 Å². The highest BCUT2D eigenvalue weighted by molar-refractivity contribution is 7.14. The second kappa shape index (κ2) is 6.96. The van der Waals surface area contributed by atoms with Crippen molar-refractivity contribution < 1.29 is 14.3 Å². The molecule has 2 aromatic heterocycles. The van der Waals surface area contributed by atoms with Gasteiger partial charge in [0, 0.05) is 10.9 Å². The fourth-order valence-electron chi connectivity index (χ4n) is 1.88. The fourth-order valence-corrected chi connectivity index (χ4v) is 2.59. The predicted octanol–water partition coefficient (Wildman–Crippen LogP) is 1.09. The lowest BCUT2D eigenvalue weighted by Gasteiger charge is -2.03. The third-order valence-corrected chi connectivity index (χ3v) is 3.87. The van der Waals surface area contributed by atoms with Crippen molar-refractivity contribution in [1.82, 2.24) is 25.2 Å². The minimum Gasteiger partial charge on any atom is -0.469 e. The zero-order valence-electron chi connectivity index (χ0n) is 12.5. The summed E-state index contributed by atoms with van der Waals surface area (Å²) in [7, 11) is 1.32. The largest absolute Gasteiger partial charge is 0.469 e. The molecule has 0 atom stereocenters. The maximum absolute atomic E-state index is 12.2. The fraction of sp³-hybridized carbons (Fsp3) is 0.143. The Morgan fingerprint density at radius 3 is 2.75 bits per heavy atom. The first-order valence-electron chi connectivity index (χ1n) is 6.81. The number of esters is 1. The van der Waals surface area contributed by atoms with Crippen LogP contribution >= 0.6 is 11.3 Å². The van der Waals surface area contributed by atoms with E-state index < -0.39 is 0 Å². The van der Waals surface area contributed by atoms with E-state index in [4.69, 9.17) is 0 Å². The molecule has 0 aliphatic heterocycles. The Labute approximate surface area is 140 Å². The van der Waals surface area contributed by atoms with Crippen LogP contribution in [0.2, 0.25) is 0 Å². The molecule has 0 unspecified atom stereocenters. The first-order chi connectivity index (χ1) is 11.7. The number of nitrogens with one attached hydrogen (secondary N) is 1. The van der Waals surface area contributed by atoms with Crippen molar-refractivity contribution in [2.24, 2.45) is 0 Å². The highest BCUT2D eigenvalue weighted by Gasteiger charge is 2.11. The number of rotatable bonds is 5. The first-order valence-corrected chi connectivity index (χ1v) is 7.69. The zero-order valence-corrected chi connectivity index (χ0v) is 13.4. The smallest absolute Gasteiger partial charge is 0.311 e. The standard InChI is InChI=1S/C14H12N6O3S/c1-23-12(21)6-10-7-24-14(16-10)17-13(22)9-2-4-11(5-3-9)20-8-15-18-19-20/h2-5,7-8H,6H2,1H3,(H,16,17,22). The summed E-state index contributed by atoms with van der Waals surface area (Å²) in [6.45, 7) is 0. The first kappa shape index (κ1) is 15.7. The van der Waals surface area contributed by atoms with Crippen LogP contribution in [-0.4, -0.2) is 44.2 Å². The second-order valence-electron chi connectivity index (χ2n) is 4.65. The van der Waals surface area contributed by atoms with Gasteiger partial charge in [0.2, 0.25) is 0 Å². The molecule has 1 amide bonds. The Bertz CT molecular complexity index is 844. The van der Waals surface area contributed by atoms with E-state index in [1.165, 1.54) is 29.5 Å². The van der Waals surface area contributed by atoms with Gasteiger partial charge in [0.25, 0.3) is 5.91 Å². The Kier molecular flexibility index (Phi) is 4.57. The van der Waals surface area contributed by atoms with Crippen LogP contribution in [0.25, 0.3) is 5.69 Å². The number of amides is 1. The number of hydrogen-bond donors (Lipinski definition) is 1. The van der Waals surface area contributed by atoms with Crippen molar-refractivity contribution in [2.45, 2.75) is 6.42 Å². The average molecular weight is 344 g/mol. The van der Waals surface area contributed by atoms with Gasteiger partial charge in [0.1, 0.15) is 6.33 Å². The van der Waals surface area contributed by atoms with E-state index >= 15 is 0 Å². The molecule has 0 saturated carbocycles. The van der Waals surface area contributed by atoms with E-state index in [-0.39, 0.29) is 18.3 Å². The quantitative estimate of drug-likeness (QED) is 0.689. The highest BCUT2D eigenvalue weighted by atomic mass is 32.1. The molecule has 0 radical (unpaired) electrons. The van der Waals surface area contributed by atoms with Gasteiger partial charge >= 0.3 is 5.97 Å². The molecule has 0 aliphatic rings. The van der Waals surface area contributed by atoms with E-state index in [0.29, 0.717) is 16.4 Å². The molecule has 122 valence electrons. The van der Waals surface area contributed by atoms with Crippen LogP contribution in [-0.2, 0) is 16.0 Å². The molecule has 10 heteroatoms. The predicted molar refractivity (Wildman–Crippen MR) is 84.9 cm³/mol. The van der Waals surface area contributed by atoms with Gasteiger partial charge in [-0.25, -0.2) is 9.67 Å². The van der Waals surface area contributed by atoms with Crippen LogP contribution in [0.3, 0.4) is 0 Å². The summed E-state index contributed by atoms with van der Waals surface area (Å²) < 4.78 is 6.07. The van der Waals surface area contributed by atoms with Crippen molar-refractivity contribution >= 4 is 28.3 Å². The second-order valence-corrected chi connectivity index (χ2v) is 5.51. The summed E-state index contributed by atoms with van der Waals surface area (Å²) in [6, 6.07) is 6.79. The lowest BCUT2D eigenvalue weighted by molar-refractivity contribution is -0.139. The van der Waals surface area contributed by atoms with E-state index in [1.807, 2.05) is 0 Å². The number of thiazole rings is 1. The molecule has 0 spiro atoms. The zero-order chi connectivity index (χ0) is 16.9. The number of benzene rings is 1.